The number of benzene rings is 2. The molecule has 0 saturated carbocycles. The Hall–Kier alpha value is -3.54. The molecule has 0 unspecified atom stereocenters. The summed E-state index contributed by atoms with van der Waals surface area (Å²) in [5.41, 5.74) is 3.20. The number of nitrogens with zero attached hydrogens (tertiary/aromatic N) is 2. The number of rotatable bonds is 8. The van der Waals surface area contributed by atoms with Crippen molar-refractivity contribution in [2.75, 3.05) is 14.2 Å². The van der Waals surface area contributed by atoms with Crippen LogP contribution in [-0.4, -0.2) is 25.1 Å². The van der Waals surface area contributed by atoms with E-state index in [1.54, 1.807) is 20.4 Å². The minimum atomic E-state index is 0.459. The van der Waals surface area contributed by atoms with Crippen LogP contribution in [-0.2, 0) is 19.7 Å². The number of nitrogens with one attached hydrogen (secondary N) is 2. The van der Waals surface area contributed by atoms with Crippen LogP contribution in [0, 0.1) is 0 Å². The predicted molar refractivity (Wildman–Crippen MR) is 115 cm³/mol. The van der Waals surface area contributed by atoms with Gasteiger partial charge in [-0.25, -0.2) is 0 Å². The van der Waals surface area contributed by atoms with E-state index in [1.165, 1.54) is 0 Å². The van der Waals surface area contributed by atoms with Gasteiger partial charge in [-0.3, -0.25) is 9.98 Å². The van der Waals surface area contributed by atoms with Crippen molar-refractivity contribution in [1.29, 1.82) is 0 Å². The van der Waals surface area contributed by atoms with Gasteiger partial charge in [0.1, 0.15) is 18.1 Å². The van der Waals surface area contributed by atoms with Gasteiger partial charge in [0.15, 0.2) is 5.96 Å². The molecule has 3 aromatic rings. The lowest BCUT2D eigenvalue weighted by atomic mass is 10.2. The van der Waals surface area contributed by atoms with Crippen LogP contribution in [0.3, 0.4) is 0 Å². The van der Waals surface area contributed by atoms with E-state index in [0.717, 1.165) is 34.3 Å². The van der Waals surface area contributed by atoms with Crippen molar-refractivity contribution in [3.05, 3.63) is 89.7 Å². The molecule has 29 heavy (non-hydrogen) atoms. The standard InChI is InChI=1S/C23H26N4O2/c1-24-23(26-15-18-6-10-21(28-2)11-7-18)27-16-19-8-12-22(13-9-19)29-17-20-5-3-4-14-25-20/h3-14H,15-17H2,1-2H3,(H2,24,26,27). The molecule has 1 aromatic heterocycles. The van der Waals surface area contributed by atoms with Crippen LogP contribution in [0.2, 0.25) is 0 Å². The molecule has 0 fully saturated rings. The Morgan fingerprint density at radius 2 is 1.48 bits per heavy atom. The number of hydrogen-bond acceptors (Lipinski definition) is 4. The molecule has 0 atom stereocenters. The minimum Gasteiger partial charge on any atom is -0.497 e. The largest absolute Gasteiger partial charge is 0.497 e. The van der Waals surface area contributed by atoms with Gasteiger partial charge in [-0.15, -0.1) is 0 Å². The van der Waals surface area contributed by atoms with Crippen LogP contribution in [0.15, 0.2) is 77.9 Å². The first-order chi connectivity index (χ1) is 14.3. The fourth-order valence-electron chi connectivity index (χ4n) is 2.68. The van der Waals surface area contributed by atoms with Crippen LogP contribution in [0.5, 0.6) is 11.5 Å². The second kappa shape index (κ2) is 10.7. The van der Waals surface area contributed by atoms with Crippen LogP contribution in [0.4, 0.5) is 0 Å². The minimum absolute atomic E-state index is 0.459. The second-order valence-corrected chi connectivity index (χ2v) is 6.38. The molecule has 2 N–H and O–H groups in total. The Morgan fingerprint density at radius 3 is 2.00 bits per heavy atom. The van der Waals surface area contributed by atoms with Crippen LogP contribution in [0.25, 0.3) is 0 Å². The third kappa shape index (κ3) is 6.53. The fourth-order valence-corrected chi connectivity index (χ4v) is 2.68. The van der Waals surface area contributed by atoms with Crippen molar-refractivity contribution in [3.63, 3.8) is 0 Å². The number of hydrogen-bond donors (Lipinski definition) is 2. The molecule has 0 aliphatic rings. The summed E-state index contributed by atoms with van der Waals surface area (Å²) in [6.07, 6.45) is 1.77. The van der Waals surface area contributed by atoms with Crippen LogP contribution < -0.4 is 20.1 Å². The van der Waals surface area contributed by atoms with Crippen molar-refractivity contribution >= 4 is 5.96 Å². The molecule has 0 aliphatic heterocycles. The van der Waals surface area contributed by atoms with E-state index < -0.39 is 0 Å². The van der Waals surface area contributed by atoms with E-state index in [9.17, 15) is 0 Å². The zero-order chi connectivity index (χ0) is 20.3. The summed E-state index contributed by atoms with van der Waals surface area (Å²) < 4.78 is 11.0. The predicted octanol–water partition coefficient (Wildman–Crippen LogP) is 3.53. The monoisotopic (exact) mass is 390 g/mol. The summed E-state index contributed by atoms with van der Waals surface area (Å²) in [4.78, 5) is 8.53. The second-order valence-electron chi connectivity index (χ2n) is 6.38. The molecule has 0 spiro atoms. The average Bonchev–Trinajstić information content (AvgIpc) is 2.79. The average molecular weight is 390 g/mol. The lowest BCUT2D eigenvalue weighted by Crippen LogP contribution is -2.36. The summed E-state index contributed by atoms with van der Waals surface area (Å²) in [5.74, 6) is 2.42. The van der Waals surface area contributed by atoms with E-state index in [1.807, 2.05) is 66.7 Å². The van der Waals surface area contributed by atoms with Gasteiger partial charge < -0.3 is 20.1 Å². The summed E-state index contributed by atoms with van der Waals surface area (Å²) in [6.45, 7) is 1.81. The van der Waals surface area contributed by atoms with Gasteiger partial charge >= 0.3 is 0 Å². The summed E-state index contributed by atoms with van der Waals surface area (Å²) in [7, 11) is 3.43. The van der Waals surface area contributed by atoms with E-state index >= 15 is 0 Å². The third-order valence-corrected chi connectivity index (χ3v) is 4.34. The fraction of sp³-hybridized carbons (Fsp3) is 0.217. The van der Waals surface area contributed by atoms with Gasteiger partial charge in [0.05, 0.1) is 12.8 Å². The number of pyridine rings is 1. The molecule has 0 saturated heterocycles. The van der Waals surface area contributed by atoms with Crippen molar-refractivity contribution < 1.29 is 9.47 Å². The van der Waals surface area contributed by atoms with Crippen molar-refractivity contribution in [3.8, 4) is 11.5 Å². The molecule has 0 aliphatic carbocycles. The maximum atomic E-state index is 5.77. The van der Waals surface area contributed by atoms with Gasteiger partial charge in [0.2, 0.25) is 0 Å². The van der Waals surface area contributed by atoms with Gasteiger partial charge in [-0.2, -0.15) is 0 Å². The Bertz CT molecular complexity index is 894. The summed E-state index contributed by atoms with van der Waals surface area (Å²) in [5, 5.41) is 6.63. The zero-order valence-electron chi connectivity index (χ0n) is 16.8. The first-order valence-corrected chi connectivity index (χ1v) is 9.46. The van der Waals surface area contributed by atoms with Crippen LogP contribution in [0.1, 0.15) is 16.8 Å². The highest BCUT2D eigenvalue weighted by Crippen LogP contribution is 2.14. The maximum Gasteiger partial charge on any atom is 0.191 e. The zero-order valence-corrected chi connectivity index (χ0v) is 16.8. The SMILES string of the molecule is CN=C(NCc1ccc(OC)cc1)NCc1ccc(OCc2ccccn2)cc1. The van der Waals surface area contributed by atoms with Gasteiger partial charge in [-0.05, 0) is 47.5 Å². The first-order valence-electron chi connectivity index (χ1n) is 9.46. The van der Waals surface area contributed by atoms with Gasteiger partial charge in [0, 0.05) is 26.3 Å². The third-order valence-electron chi connectivity index (χ3n) is 4.34. The quantitative estimate of drug-likeness (QED) is 0.455. The molecule has 0 radical (unpaired) electrons. The van der Waals surface area contributed by atoms with Crippen molar-refractivity contribution in [1.82, 2.24) is 15.6 Å². The molecular weight excluding hydrogens is 364 g/mol. The van der Waals surface area contributed by atoms with E-state index in [-0.39, 0.29) is 0 Å². The highest BCUT2D eigenvalue weighted by atomic mass is 16.5. The molecule has 2 aromatic carbocycles. The van der Waals surface area contributed by atoms with Gasteiger partial charge in [0.25, 0.3) is 0 Å². The Kier molecular flexibility index (Phi) is 7.46. The van der Waals surface area contributed by atoms with E-state index in [0.29, 0.717) is 19.7 Å². The molecule has 6 heteroatoms. The maximum absolute atomic E-state index is 5.77. The Labute approximate surface area is 171 Å². The molecular formula is C23H26N4O2. The van der Waals surface area contributed by atoms with E-state index in [2.05, 4.69) is 20.6 Å². The normalized spacial score (nSPS) is 11.0. The number of aliphatic imine (C=N–C) groups is 1. The number of ether oxygens (including phenoxy) is 2. The molecule has 0 amide bonds. The molecule has 1 heterocycles. The summed E-state index contributed by atoms with van der Waals surface area (Å²) >= 11 is 0. The van der Waals surface area contributed by atoms with Crippen molar-refractivity contribution in [2.45, 2.75) is 19.7 Å². The lowest BCUT2D eigenvalue weighted by Gasteiger charge is -2.13. The summed E-state index contributed by atoms with van der Waals surface area (Å²) in [6, 6.07) is 21.8. The first kappa shape index (κ1) is 20.2. The molecule has 150 valence electrons. The topological polar surface area (TPSA) is 67.8 Å². The Balaban J connectivity index is 1.44. The highest BCUT2D eigenvalue weighted by molar-refractivity contribution is 5.79. The number of methoxy groups -OCH3 is 1. The van der Waals surface area contributed by atoms with Gasteiger partial charge in [-0.1, -0.05) is 30.3 Å². The molecule has 0 bridgehead atoms. The highest BCUT2D eigenvalue weighted by Gasteiger charge is 2.01. The lowest BCUT2D eigenvalue weighted by molar-refractivity contribution is 0.301. The number of guanidine groups is 1. The molecule has 6 nitrogen and oxygen atoms in total. The van der Waals surface area contributed by atoms with E-state index in [4.69, 9.17) is 9.47 Å². The van der Waals surface area contributed by atoms with Crippen LogP contribution >= 0.6 is 0 Å². The Morgan fingerprint density at radius 1 is 0.862 bits per heavy atom. The van der Waals surface area contributed by atoms with Crippen molar-refractivity contribution in [2.24, 2.45) is 4.99 Å². The number of aromatic nitrogens is 1. The molecule has 3 rings (SSSR count). The smallest absolute Gasteiger partial charge is 0.191 e.